The molecule has 1 aromatic heterocycles. The van der Waals surface area contributed by atoms with Crippen LogP contribution in [-0.4, -0.2) is 72.8 Å². The van der Waals surface area contributed by atoms with Crippen molar-refractivity contribution in [3.05, 3.63) is 18.0 Å². The Bertz CT molecular complexity index is 877. The summed E-state index contributed by atoms with van der Waals surface area (Å²) in [7, 11) is 1.36. The first-order valence-corrected chi connectivity index (χ1v) is 12.4. The SMILES string of the molecule is CCCOC(=O)O[C@H]1CCCC[C@H](NC(=O)c2nccc(OC)c2O)C(=O)O[C@@H](C)[C@@H]1OCC(C)C. The van der Waals surface area contributed by atoms with Gasteiger partial charge < -0.3 is 34.1 Å². The van der Waals surface area contributed by atoms with Crippen molar-refractivity contribution >= 4 is 18.0 Å². The van der Waals surface area contributed by atoms with Gasteiger partial charge in [-0.2, -0.15) is 0 Å². The van der Waals surface area contributed by atoms with E-state index >= 15 is 0 Å². The fourth-order valence-corrected chi connectivity index (χ4v) is 3.75. The first-order chi connectivity index (χ1) is 17.2. The van der Waals surface area contributed by atoms with Crippen molar-refractivity contribution in [2.45, 2.75) is 84.2 Å². The summed E-state index contributed by atoms with van der Waals surface area (Å²) in [6.07, 6.45) is 0.920. The first kappa shape index (κ1) is 29.2. The molecule has 4 atom stereocenters. The van der Waals surface area contributed by atoms with E-state index in [1.54, 1.807) is 6.92 Å². The maximum absolute atomic E-state index is 13.0. The van der Waals surface area contributed by atoms with E-state index in [0.717, 1.165) is 0 Å². The zero-order chi connectivity index (χ0) is 26.7. The average Bonchev–Trinajstić information content (AvgIpc) is 2.83. The van der Waals surface area contributed by atoms with Gasteiger partial charge in [0.2, 0.25) is 0 Å². The summed E-state index contributed by atoms with van der Waals surface area (Å²) in [4.78, 5) is 41.9. The van der Waals surface area contributed by atoms with Gasteiger partial charge in [0.1, 0.15) is 24.4 Å². The molecule has 0 bridgehead atoms. The van der Waals surface area contributed by atoms with E-state index in [1.165, 1.54) is 19.4 Å². The minimum absolute atomic E-state index is 0.0888. The number of hydrogen-bond donors (Lipinski definition) is 2. The summed E-state index contributed by atoms with van der Waals surface area (Å²) < 4.78 is 27.4. The number of ether oxygens (including phenoxy) is 5. The van der Waals surface area contributed by atoms with Crippen LogP contribution in [0.25, 0.3) is 0 Å². The Kier molecular flexibility index (Phi) is 11.7. The molecule has 2 rings (SSSR count). The Hall–Kier alpha value is -3.08. The molecule has 0 radical (unpaired) electrons. The van der Waals surface area contributed by atoms with Gasteiger partial charge in [0.25, 0.3) is 5.91 Å². The number of nitrogens with one attached hydrogen (secondary N) is 1. The third-order valence-electron chi connectivity index (χ3n) is 5.57. The quantitative estimate of drug-likeness (QED) is 0.475. The molecule has 1 aromatic rings. The molecule has 1 aliphatic rings. The minimum atomic E-state index is -0.968. The standard InChI is InChI=1S/C25H38N2O9/c1-6-13-33-25(31)36-19-10-8-7-9-17(24(30)35-16(4)22(19)34-14-15(2)3)27-23(29)20-21(28)18(32-5)11-12-26-20/h11-12,15-17,19,22,28H,6-10,13-14H2,1-5H3,(H,27,29)/t16-,17-,19-,22-/m0/s1. The minimum Gasteiger partial charge on any atom is -0.503 e. The number of amides is 1. The molecular weight excluding hydrogens is 472 g/mol. The van der Waals surface area contributed by atoms with Crippen LogP contribution in [0.2, 0.25) is 0 Å². The van der Waals surface area contributed by atoms with Crippen LogP contribution in [0.3, 0.4) is 0 Å². The van der Waals surface area contributed by atoms with Crippen molar-refractivity contribution in [2.24, 2.45) is 5.92 Å². The molecule has 0 saturated carbocycles. The Morgan fingerprint density at radius 3 is 2.67 bits per heavy atom. The van der Waals surface area contributed by atoms with E-state index in [0.29, 0.717) is 32.3 Å². The summed E-state index contributed by atoms with van der Waals surface area (Å²) in [6.45, 7) is 8.12. The van der Waals surface area contributed by atoms with Crippen molar-refractivity contribution in [1.82, 2.24) is 10.3 Å². The summed E-state index contributed by atoms with van der Waals surface area (Å²) in [5.41, 5.74) is -0.260. The second-order valence-corrected chi connectivity index (χ2v) is 9.11. The highest BCUT2D eigenvalue weighted by atomic mass is 16.7. The highest BCUT2D eigenvalue weighted by Gasteiger charge is 2.37. The van der Waals surface area contributed by atoms with Gasteiger partial charge in [-0.3, -0.25) is 4.79 Å². The van der Waals surface area contributed by atoms with Crippen molar-refractivity contribution in [1.29, 1.82) is 0 Å². The van der Waals surface area contributed by atoms with Crippen LogP contribution in [0.4, 0.5) is 4.79 Å². The van der Waals surface area contributed by atoms with Gasteiger partial charge in [0.15, 0.2) is 17.2 Å². The fraction of sp³-hybridized carbons (Fsp3) is 0.680. The topological polar surface area (TPSA) is 143 Å². The molecule has 1 saturated heterocycles. The predicted molar refractivity (Wildman–Crippen MR) is 129 cm³/mol. The number of cyclic esters (lactones) is 1. The van der Waals surface area contributed by atoms with Gasteiger partial charge in [-0.15, -0.1) is 0 Å². The number of esters is 1. The van der Waals surface area contributed by atoms with E-state index in [1.807, 2.05) is 20.8 Å². The molecule has 11 heteroatoms. The number of rotatable bonds is 9. The van der Waals surface area contributed by atoms with Crippen LogP contribution in [0, 0.1) is 5.92 Å². The molecule has 0 spiro atoms. The lowest BCUT2D eigenvalue weighted by atomic mass is 9.98. The van der Waals surface area contributed by atoms with E-state index in [2.05, 4.69) is 10.3 Å². The van der Waals surface area contributed by atoms with Gasteiger partial charge in [-0.25, -0.2) is 14.6 Å². The van der Waals surface area contributed by atoms with Crippen LogP contribution in [-0.2, 0) is 23.7 Å². The maximum Gasteiger partial charge on any atom is 0.508 e. The molecule has 36 heavy (non-hydrogen) atoms. The number of pyridine rings is 1. The van der Waals surface area contributed by atoms with Crippen LogP contribution in [0.1, 0.15) is 70.3 Å². The lowest BCUT2D eigenvalue weighted by Crippen LogP contribution is -2.48. The molecule has 1 fully saturated rings. The van der Waals surface area contributed by atoms with E-state index in [9.17, 15) is 19.5 Å². The number of hydrogen-bond acceptors (Lipinski definition) is 10. The average molecular weight is 511 g/mol. The molecule has 1 amide bonds. The molecular formula is C25H38N2O9. The van der Waals surface area contributed by atoms with E-state index in [4.69, 9.17) is 23.7 Å². The number of aromatic hydroxyl groups is 1. The van der Waals surface area contributed by atoms with Gasteiger partial charge in [-0.05, 0) is 38.5 Å². The van der Waals surface area contributed by atoms with Gasteiger partial charge in [-0.1, -0.05) is 27.2 Å². The molecule has 202 valence electrons. The first-order valence-electron chi connectivity index (χ1n) is 12.4. The van der Waals surface area contributed by atoms with Crippen molar-refractivity contribution in [2.75, 3.05) is 20.3 Å². The van der Waals surface area contributed by atoms with Gasteiger partial charge in [0, 0.05) is 18.9 Å². The normalized spacial score (nSPS) is 22.9. The number of carbonyl (C=O) groups is 3. The zero-order valence-corrected chi connectivity index (χ0v) is 21.7. The van der Waals surface area contributed by atoms with Gasteiger partial charge >= 0.3 is 12.1 Å². The fourth-order valence-electron chi connectivity index (χ4n) is 3.75. The van der Waals surface area contributed by atoms with Crippen molar-refractivity contribution in [3.8, 4) is 11.5 Å². The maximum atomic E-state index is 13.0. The van der Waals surface area contributed by atoms with Gasteiger partial charge in [0.05, 0.1) is 13.7 Å². The Morgan fingerprint density at radius 1 is 1.28 bits per heavy atom. The smallest absolute Gasteiger partial charge is 0.503 e. The number of methoxy groups -OCH3 is 1. The second-order valence-electron chi connectivity index (χ2n) is 9.11. The third-order valence-corrected chi connectivity index (χ3v) is 5.57. The molecule has 1 aliphatic heterocycles. The largest absolute Gasteiger partial charge is 0.508 e. The number of nitrogens with zero attached hydrogens (tertiary/aromatic N) is 1. The number of carbonyl (C=O) groups excluding carboxylic acids is 3. The lowest BCUT2D eigenvalue weighted by Gasteiger charge is -2.33. The van der Waals surface area contributed by atoms with Crippen molar-refractivity contribution in [3.63, 3.8) is 0 Å². The Balaban J connectivity index is 2.17. The summed E-state index contributed by atoms with van der Waals surface area (Å²) >= 11 is 0. The van der Waals surface area contributed by atoms with E-state index in [-0.39, 0.29) is 30.4 Å². The Labute approximate surface area is 211 Å². The monoisotopic (exact) mass is 510 g/mol. The summed E-state index contributed by atoms with van der Waals surface area (Å²) in [6, 6.07) is 0.449. The second kappa shape index (κ2) is 14.5. The van der Waals surface area contributed by atoms with Crippen LogP contribution < -0.4 is 10.1 Å². The third kappa shape index (κ3) is 8.54. The predicted octanol–water partition coefficient (Wildman–Crippen LogP) is 3.37. The highest BCUT2D eigenvalue weighted by molar-refractivity contribution is 5.97. The summed E-state index contributed by atoms with van der Waals surface area (Å²) in [5.74, 6) is -1.52. The van der Waals surface area contributed by atoms with Crippen LogP contribution >= 0.6 is 0 Å². The van der Waals surface area contributed by atoms with E-state index < -0.39 is 48.1 Å². The molecule has 0 aliphatic carbocycles. The molecule has 2 N–H and O–H groups in total. The zero-order valence-electron chi connectivity index (χ0n) is 21.7. The van der Waals surface area contributed by atoms with Crippen LogP contribution in [0.5, 0.6) is 11.5 Å². The Morgan fingerprint density at radius 2 is 2.00 bits per heavy atom. The highest BCUT2D eigenvalue weighted by Crippen LogP contribution is 2.28. The lowest BCUT2D eigenvalue weighted by molar-refractivity contribution is -0.169. The molecule has 0 aromatic carbocycles. The number of aromatic nitrogens is 1. The molecule has 0 unspecified atom stereocenters. The van der Waals surface area contributed by atoms with Crippen LogP contribution in [0.15, 0.2) is 12.3 Å². The molecule has 2 heterocycles. The van der Waals surface area contributed by atoms with Crippen molar-refractivity contribution < 1.29 is 43.2 Å². The summed E-state index contributed by atoms with van der Waals surface area (Å²) in [5, 5.41) is 12.8. The molecule has 11 nitrogen and oxygen atoms in total.